The molecule has 1 rings (SSSR count). The predicted octanol–water partition coefficient (Wildman–Crippen LogP) is -0.829. The van der Waals surface area contributed by atoms with Gasteiger partial charge in [0.05, 0.1) is 13.2 Å². The molecule has 5 heteroatoms. The molecule has 0 spiro atoms. The lowest BCUT2D eigenvalue weighted by Gasteiger charge is -2.38. The van der Waals surface area contributed by atoms with Crippen LogP contribution >= 0.6 is 0 Å². The molecule has 0 aromatic carbocycles. The first-order chi connectivity index (χ1) is 7.19. The Labute approximate surface area is 90.9 Å². The van der Waals surface area contributed by atoms with E-state index >= 15 is 0 Å². The second-order valence-corrected chi connectivity index (χ2v) is 3.93. The second kappa shape index (κ2) is 6.05. The number of carbonyl (C=O) groups is 1. The highest BCUT2D eigenvalue weighted by atomic mass is 16.5. The molecule has 15 heavy (non-hydrogen) atoms. The van der Waals surface area contributed by atoms with Crippen LogP contribution in [0.3, 0.4) is 0 Å². The lowest BCUT2D eigenvalue weighted by Crippen LogP contribution is -2.53. The van der Waals surface area contributed by atoms with E-state index in [0.29, 0.717) is 19.0 Å². The average molecular weight is 215 g/mol. The topological polar surface area (TPSA) is 67.6 Å². The van der Waals surface area contributed by atoms with E-state index in [1.807, 2.05) is 0 Å². The highest BCUT2D eigenvalue weighted by Crippen LogP contribution is 2.12. The van der Waals surface area contributed by atoms with Crippen LogP contribution in [0.1, 0.15) is 13.3 Å². The molecule has 0 aliphatic carbocycles. The molecule has 88 valence electrons. The number of nitrogens with two attached hydrogens (primary N) is 1. The van der Waals surface area contributed by atoms with Gasteiger partial charge in [-0.1, -0.05) is 0 Å². The number of morpholine rings is 1. The van der Waals surface area contributed by atoms with Crippen LogP contribution in [-0.4, -0.2) is 56.2 Å². The first kappa shape index (κ1) is 12.4. The number of ether oxygens (including phenoxy) is 1. The highest BCUT2D eigenvalue weighted by molar-refractivity contribution is 5.76. The Morgan fingerprint density at radius 3 is 3.00 bits per heavy atom. The zero-order chi connectivity index (χ0) is 11.3. The minimum absolute atomic E-state index is 0.0455. The van der Waals surface area contributed by atoms with E-state index in [1.54, 1.807) is 7.05 Å². The standard InChI is InChI=1S/C10H21N3O2/c1-8-7-15-4-3-13(8)9(6-11)5-10(14)12-2/h8-9H,3-7,11H2,1-2H3,(H,12,14). The lowest BCUT2D eigenvalue weighted by atomic mass is 10.1. The van der Waals surface area contributed by atoms with Crippen LogP contribution in [0.5, 0.6) is 0 Å². The monoisotopic (exact) mass is 215 g/mol. The third kappa shape index (κ3) is 3.44. The number of hydrogen-bond acceptors (Lipinski definition) is 4. The molecular formula is C10H21N3O2. The van der Waals surface area contributed by atoms with Gasteiger partial charge in [-0.15, -0.1) is 0 Å². The van der Waals surface area contributed by atoms with Crippen molar-refractivity contribution in [3.05, 3.63) is 0 Å². The Morgan fingerprint density at radius 1 is 1.73 bits per heavy atom. The van der Waals surface area contributed by atoms with Gasteiger partial charge in [0.15, 0.2) is 0 Å². The molecule has 5 nitrogen and oxygen atoms in total. The van der Waals surface area contributed by atoms with Crippen molar-refractivity contribution < 1.29 is 9.53 Å². The van der Waals surface area contributed by atoms with Crippen molar-refractivity contribution in [3.63, 3.8) is 0 Å². The summed E-state index contributed by atoms with van der Waals surface area (Å²) in [6, 6.07) is 0.473. The lowest BCUT2D eigenvalue weighted by molar-refractivity contribution is -0.122. The molecule has 1 aliphatic heterocycles. The van der Waals surface area contributed by atoms with E-state index in [0.717, 1.165) is 19.8 Å². The summed E-state index contributed by atoms with van der Waals surface area (Å²) in [6.45, 7) is 4.93. The highest BCUT2D eigenvalue weighted by Gasteiger charge is 2.26. The van der Waals surface area contributed by atoms with E-state index in [2.05, 4.69) is 17.1 Å². The molecule has 0 saturated carbocycles. The summed E-state index contributed by atoms with van der Waals surface area (Å²) in [4.78, 5) is 13.6. The molecule has 2 unspecified atom stereocenters. The molecule has 1 saturated heterocycles. The fourth-order valence-electron chi connectivity index (χ4n) is 1.93. The van der Waals surface area contributed by atoms with Crippen molar-refractivity contribution in [2.45, 2.75) is 25.4 Å². The summed E-state index contributed by atoms with van der Waals surface area (Å²) in [5, 5.41) is 2.63. The minimum Gasteiger partial charge on any atom is -0.379 e. The van der Waals surface area contributed by atoms with Crippen molar-refractivity contribution in [1.82, 2.24) is 10.2 Å². The van der Waals surface area contributed by atoms with Crippen LogP contribution in [0.15, 0.2) is 0 Å². The Kier molecular flexibility index (Phi) is 5.01. The summed E-state index contributed by atoms with van der Waals surface area (Å²) < 4.78 is 5.35. The Bertz CT molecular complexity index is 211. The fraction of sp³-hybridized carbons (Fsp3) is 0.900. The second-order valence-electron chi connectivity index (χ2n) is 3.93. The van der Waals surface area contributed by atoms with E-state index in [4.69, 9.17) is 10.5 Å². The van der Waals surface area contributed by atoms with Crippen molar-refractivity contribution in [2.24, 2.45) is 5.73 Å². The molecule has 0 aromatic rings. The third-order valence-corrected chi connectivity index (χ3v) is 2.86. The SMILES string of the molecule is CNC(=O)CC(CN)N1CCOCC1C. The van der Waals surface area contributed by atoms with Crippen LogP contribution in [0, 0.1) is 0 Å². The summed E-state index contributed by atoms with van der Waals surface area (Å²) in [5.74, 6) is 0.0455. The van der Waals surface area contributed by atoms with Crippen LogP contribution in [0.25, 0.3) is 0 Å². The van der Waals surface area contributed by atoms with E-state index in [-0.39, 0.29) is 11.9 Å². The zero-order valence-electron chi connectivity index (χ0n) is 9.53. The maximum Gasteiger partial charge on any atom is 0.221 e. The molecule has 1 heterocycles. The van der Waals surface area contributed by atoms with Gasteiger partial charge in [-0.05, 0) is 6.92 Å². The molecule has 1 fully saturated rings. The van der Waals surface area contributed by atoms with Crippen LogP contribution in [0.2, 0.25) is 0 Å². The van der Waals surface area contributed by atoms with E-state index in [9.17, 15) is 4.79 Å². The van der Waals surface area contributed by atoms with E-state index < -0.39 is 0 Å². The van der Waals surface area contributed by atoms with Gasteiger partial charge < -0.3 is 15.8 Å². The number of amides is 1. The maximum atomic E-state index is 11.3. The van der Waals surface area contributed by atoms with Crippen LogP contribution in [0.4, 0.5) is 0 Å². The van der Waals surface area contributed by atoms with Gasteiger partial charge in [0.1, 0.15) is 0 Å². The van der Waals surface area contributed by atoms with E-state index in [1.165, 1.54) is 0 Å². The largest absolute Gasteiger partial charge is 0.379 e. The van der Waals surface area contributed by atoms with Gasteiger partial charge in [0.2, 0.25) is 5.91 Å². The number of carbonyl (C=O) groups excluding carboxylic acids is 1. The van der Waals surface area contributed by atoms with Crippen molar-refractivity contribution in [3.8, 4) is 0 Å². The molecule has 3 N–H and O–H groups in total. The summed E-state index contributed by atoms with van der Waals surface area (Å²) >= 11 is 0. The van der Waals surface area contributed by atoms with Crippen LogP contribution in [-0.2, 0) is 9.53 Å². The number of rotatable bonds is 4. The predicted molar refractivity (Wildman–Crippen MR) is 58.5 cm³/mol. The number of nitrogens with zero attached hydrogens (tertiary/aromatic N) is 1. The third-order valence-electron chi connectivity index (χ3n) is 2.86. The normalized spacial score (nSPS) is 24.9. The van der Waals surface area contributed by atoms with Crippen molar-refractivity contribution >= 4 is 5.91 Å². The molecule has 2 atom stereocenters. The summed E-state index contributed by atoms with van der Waals surface area (Å²) in [5.41, 5.74) is 5.71. The van der Waals surface area contributed by atoms with Crippen LogP contribution < -0.4 is 11.1 Å². The van der Waals surface area contributed by atoms with Gasteiger partial charge in [-0.2, -0.15) is 0 Å². The fourth-order valence-corrected chi connectivity index (χ4v) is 1.93. The quantitative estimate of drug-likeness (QED) is 0.642. The smallest absolute Gasteiger partial charge is 0.221 e. The zero-order valence-corrected chi connectivity index (χ0v) is 9.53. The Morgan fingerprint density at radius 2 is 2.47 bits per heavy atom. The molecule has 0 bridgehead atoms. The number of hydrogen-bond donors (Lipinski definition) is 2. The number of nitrogens with one attached hydrogen (secondary N) is 1. The minimum atomic E-state index is 0.0455. The van der Waals surface area contributed by atoms with Crippen molar-refractivity contribution in [1.29, 1.82) is 0 Å². The Hall–Kier alpha value is -0.650. The van der Waals surface area contributed by atoms with Gasteiger partial charge in [0.25, 0.3) is 0 Å². The first-order valence-electron chi connectivity index (χ1n) is 5.43. The molecule has 1 aliphatic rings. The maximum absolute atomic E-state index is 11.3. The van der Waals surface area contributed by atoms with Gasteiger partial charge in [0, 0.05) is 38.6 Å². The molecule has 0 radical (unpaired) electrons. The van der Waals surface area contributed by atoms with Crippen molar-refractivity contribution in [2.75, 3.05) is 33.4 Å². The van der Waals surface area contributed by atoms with Gasteiger partial charge in [-0.25, -0.2) is 0 Å². The molecular weight excluding hydrogens is 194 g/mol. The summed E-state index contributed by atoms with van der Waals surface area (Å²) in [6.07, 6.45) is 0.470. The van der Waals surface area contributed by atoms with Gasteiger partial charge >= 0.3 is 0 Å². The average Bonchev–Trinajstić information content (AvgIpc) is 2.26. The Balaban J connectivity index is 2.51. The van der Waals surface area contributed by atoms with Gasteiger partial charge in [-0.3, -0.25) is 9.69 Å². The molecule has 1 amide bonds. The summed E-state index contributed by atoms with van der Waals surface area (Å²) in [7, 11) is 1.65. The first-order valence-corrected chi connectivity index (χ1v) is 5.43. The molecule has 0 aromatic heterocycles.